The second-order valence-electron chi connectivity index (χ2n) is 7.40. The van der Waals surface area contributed by atoms with Gasteiger partial charge in [0.25, 0.3) is 0 Å². The molecule has 2 aromatic rings. The smallest absolute Gasteiger partial charge is 0.124 e. The second kappa shape index (κ2) is 7.09. The van der Waals surface area contributed by atoms with E-state index in [1.54, 1.807) is 14.2 Å². The van der Waals surface area contributed by atoms with Crippen LogP contribution in [0.1, 0.15) is 55.5 Å². The third-order valence-corrected chi connectivity index (χ3v) is 5.61. The highest BCUT2D eigenvalue weighted by molar-refractivity contribution is 5.49. The Labute approximate surface area is 151 Å². The zero-order valence-corrected chi connectivity index (χ0v) is 16.0. The van der Waals surface area contributed by atoms with Gasteiger partial charge in [-0.15, -0.1) is 0 Å². The quantitative estimate of drug-likeness (QED) is 0.862. The van der Waals surface area contributed by atoms with E-state index in [4.69, 9.17) is 9.47 Å². The Bertz CT molecular complexity index is 752. The number of nitrogens with one attached hydrogen (secondary N) is 1. The molecule has 0 bridgehead atoms. The van der Waals surface area contributed by atoms with Crippen LogP contribution in [-0.2, 0) is 11.8 Å². The molecule has 1 aliphatic rings. The summed E-state index contributed by atoms with van der Waals surface area (Å²) in [5.41, 5.74) is 5.39. The maximum atomic E-state index is 5.70. The van der Waals surface area contributed by atoms with Crippen molar-refractivity contribution >= 4 is 0 Å². The summed E-state index contributed by atoms with van der Waals surface area (Å²) >= 11 is 0. The molecule has 1 atom stereocenters. The van der Waals surface area contributed by atoms with Gasteiger partial charge >= 0.3 is 0 Å². The van der Waals surface area contributed by atoms with Gasteiger partial charge in [0.2, 0.25) is 0 Å². The molecule has 2 aromatic carbocycles. The maximum absolute atomic E-state index is 5.70. The SMILES string of the molecule is CCC(C)(C)c1ccc(OC)c(C2NCCc3cc(OC)ccc32)c1. The van der Waals surface area contributed by atoms with E-state index in [1.807, 2.05) is 6.07 Å². The van der Waals surface area contributed by atoms with Crippen LogP contribution in [0.15, 0.2) is 36.4 Å². The summed E-state index contributed by atoms with van der Waals surface area (Å²) in [6, 6.07) is 13.2. The lowest BCUT2D eigenvalue weighted by molar-refractivity contribution is 0.400. The molecule has 3 nitrogen and oxygen atoms in total. The highest BCUT2D eigenvalue weighted by Crippen LogP contribution is 2.38. The van der Waals surface area contributed by atoms with Crippen LogP contribution < -0.4 is 14.8 Å². The summed E-state index contributed by atoms with van der Waals surface area (Å²) in [5.74, 6) is 1.86. The van der Waals surface area contributed by atoms with Gasteiger partial charge in [-0.2, -0.15) is 0 Å². The molecule has 25 heavy (non-hydrogen) atoms. The van der Waals surface area contributed by atoms with E-state index in [1.165, 1.54) is 22.3 Å². The Morgan fingerprint density at radius 3 is 2.52 bits per heavy atom. The van der Waals surface area contributed by atoms with E-state index in [2.05, 4.69) is 56.4 Å². The van der Waals surface area contributed by atoms with Gasteiger partial charge in [0, 0.05) is 12.1 Å². The summed E-state index contributed by atoms with van der Waals surface area (Å²) in [4.78, 5) is 0. The maximum Gasteiger partial charge on any atom is 0.124 e. The predicted octanol–water partition coefficient (Wildman–Crippen LogP) is 4.63. The van der Waals surface area contributed by atoms with E-state index in [-0.39, 0.29) is 11.5 Å². The lowest BCUT2D eigenvalue weighted by Gasteiger charge is -2.31. The summed E-state index contributed by atoms with van der Waals surface area (Å²) in [5, 5.41) is 3.68. The Morgan fingerprint density at radius 2 is 1.84 bits per heavy atom. The van der Waals surface area contributed by atoms with Crippen molar-refractivity contribution in [2.45, 2.75) is 45.1 Å². The van der Waals surface area contributed by atoms with E-state index in [0.29, 0.717) is 0 Å². The van der Waals surface area contributed by atoms with Crippen LogP contribution in [-0.4, -0.2) is 20.8 Å². The van der Waals surface area contributed by atoms with Gasteiger partial charge in [-0.1, -0.05) is 32.9 Å². The summed E-state index contributed by atoms with van der Waals surface area (Å²) in [7, 11) is 3.47. The predicted molar refractivity (Wildman–Crippen MR) is 103 cm³/mol. The normalized spacial score (nSPS) is 17.1. The second-order valence-corrected chi connectivity index (χ2v) is 7.40. The highest BCUT2D eigenvalue weighted by Gasteiger charge is 2.27. The van der Waals surface area contributed by atoms with Crippen LogP contribution in [0, 0.1) is 0 Å². The first kappa shape index (κ1) is 17.8. The Kier molecular flexibility index (Phi) is 5.05. The molecule has 134 valence electrons. The topological polar surface area (TPSA) is 30.5 Å². The minimum absolute atomic E-state index is 0.150. The Hall–Kier alpha value is -2.00. The largest absolute Gasteiger partial charge is 0.497 e. The molecule has 0 aromatic heterocycles. The molecule has 1 unspecified atom stereocenters. The molecule has 0 saturated heterocycles. The Morgan fingerprint density at radius 1 is 1.04 bits per heavy atom. The van der Waals surface area contributed by atoms with Crippen LogP contribution in [0.5, 0.6) is 11.5 Å². The number of hydrogen-bond donors (Lipinski definition) is 1. The lowest BCUT2D eigenvalue weighted by Crippen LogP contribution is -2.31. The minimum Gasteiger partial charge on any atom is -0.497 e. The number of methoxy groups -OCH3 is 2. The van der Waals surface area contributed by atoms with Crippen molar-refractivity contribution in [3.8, 4) is 11.5 Å². The molecule has 1 heterocycles. The molecule has 1 N–H and O–H groups in total. The van der Waals surface area contributed by atoms with Crippen molar-refractivity contribution < 1.29 is 9.47 Å². The zero-order chi connectivity index (χ0) is 18.0. The van der Waals surface area contributed by atoms with E-state index < -0.39 is 0 Å². The number of fused-ring (bicyclic) bond motifs is 1. The van der Waals surface area contributed by atoms with Gasteiger partial charge in [-0.05, 0) is 59.2 Å². The van der Waals surface area contributed by atoms with E-state index in [9.17, 15) is 0 Å². The molecule has 3 rings (SSSR count). The van der Waals surface area contributed by atoms with Crippen molar-refractivity contribution in [3.63, 3.8) is 0 Å². The summed E-state index contributed by atoms with van der Waals surface area (Å²) in [6.45, 7) is 7.79. The summed E-state index contributed by atoms with van der Waals surface area (Å²) < 4.78 is 11.1. The number of ether oxygens (including phenoxy) is 2. The fourth-order valence-electron chi connectivity index (χ4n) is 3.53. The highest BCUT2D eigenvalue weighted by atomic mass is 16.5. The lowest BCUT2D eigenvalue weighted by atomic mass is 9.80. The Balaban J connectivity index is 2.09. The van der Waals surface area contributed by atoms with Gasteiger partial charge in [-0.3, -0.25) is 0 Å². The van der Waals surface area contributed by atoms with E-state index in [0.717, 1.165) is 30.9 Å². The van der Waals surface area contributed by atoms with Crippen molar-refractivity contribution in [2.75, 3.05) is 20.8 Å². The fourth-order valence-corrected chi connectivity index (χ4v) is 3.53. The van der Waals surface area contributed by atoms with Gasteiger partial charge in [-0.25, -0.2) is 0 Å². The van der Waals surface area contributed by atoms with Crippen LogP contribution in [0.4, 0.5) is 0 Å². The zero-order valence-electron chi connectivity index (χ0n) is 16.0. The standard InChI is InChI=1S/C22H29NO2/c1-6-22(2,3)16-7-10-20(25-5)19(14-16)21-18-9-8-17(24-4)13-15(18)11-12-23-21/h7-10,13-14,21,23H,6,11-12H2,1-5H3. The summed E-state index contributed by atoms with van der Waals surface area (Å²) in [6.07, 6.45) is 2.12. The van der Waals surface area contributed by atoms with Crippen LogP contribution in [0.25, 0.3) is 0 Å². The molecule has 0 amide bonds. The molecular weight excluding hydrogens is 310 g/mol. The average Bonchev–Trinajstić information content (AvgIpc) is 2.66. The van der Waals surface area contributed by atoms with Gasteiger partial charge in [0.15, 0.2) is 0 Å². The van der Waals surface area contributed by atoms with Crippen LogP contribution in [0.2, 0.25) is 0 Å². The van der Waals surface area contributed by atoms with E-state index >= 15 is 0 Å². The number of rotatable bonds is 5. The molecule has 3 heteroatoms. The van der Waals surface area contributed by atoms with Gasteiger partial charge in [0.05, 0.1) is 20.3 Å². The van der Waals surface area contributed by atoms with Crippen LogP contribution >= 0.6 is 0 Å². The molecular formula is C22H29NO2. The fraction of sp³-hybridized carbons (Fsp3) is 0.455. The first-order valence-electron chi connectivity index (χ1n) is 9.08. The monoisotopic (exact) mass is 339 g/mol. The molecule has 0 saturated carbocycles. The van der Waals surface area contributed by atoms with Crippen molar-refractivity contribution in [1.82, 2.24) is 5.32 Å². The molecule has 0 fully saturated rings. The van der Waals surface area contributed by atoms with Crippen molar-refractivity contribution in [1.29, 1.82) is 0 Å². The van der Waals surface area contributed by atoms with Crippen LogP contribution in [0.3, 0.4) is 0 Å². The molecule has 0 radical (unpaired) electrons. The van der Waals surface area contributed by atoms with Gasteiger partial charge < -0.3 is 14.8 Å². The molecule has 0 spiro atoms. The third kappa shape index (κ3) is 3.38. The minimum atomic E-state index is 0.150. The average molecular weight is 339 g/mol. The van der Waals surface area contributed by atoms with Crippen molar-refractivity contribution in [3.05, 3.63) is 58.7 Å². The first-order chi connectivity index (χ1) is 12.0. The molecule has 0 aliphatic carbocycles. The number of hydrogen-bond acceptors (Lipinski definition) is 3. The first-order valence-corrected chi connectivity index (χ1v) is 9.08. The third-order valence-electron chi connectivity index (χ3n) is 5.61. The number of benzene rings is 2. The van der Waals surface area contributed by atoms with Gasteiger partial charge in [0.1, 0.15) is 11.5 Å². The molecule has 1 aliphatic heterocycles. The van der Waals surface area contributed by atoms with Crippen molar-refractivity contribution in [2.24, 2.45) is 0 Å².